The number of fused-ring (bicyclic) bond motifs is 11. The van der Waals surface area contributed by atoms with Gasteiger partial charge in [-0.25, -0.2) is 0 Å². The van der Waals surface area contributed by atoms with E-state index in [1.54, 1.807) is 11.3 Å². The SMILES string of the molecule is Cc1cc2c3c(c1)N1C4=C(C=CCC4B3c3ccc(N(c4ccccc4)c4cccc(-c5ccc6ccccc6c5)c4)cc3N2c2ccc3c(c2)oc2ccccc23)C2(C)CCCCC12C. The molecule has 4 heterocycles. The second kappa shape index (κ2) is 13.9. The van der Waals surface area contributed by atoms with Crippen LogP contribution in [0.2, 0.25) is 5.82 Å². The van der Waals surface area contributed by atoms with Gasteiger partial charge in [-0.05, 0) is 156 Å². The van der Waals surface area contributed by atoms with Crippen LogP contribution in [0.1, 0.15) is 51.5 Å². The zero-order valence-corrected chi connectivity index (χ0v) is 37.8. The van der Waals surface area contributed by atoms with Crippen LogP contribution in [0.25, 0.3) is 43.8 Å². The molecule has 5 heteroatoms. The molecule has 318 valence electrons. The standard InChI is InChI=1S/C61H50BN3O/c1-39-33-54-58-55(34-39)65-59-50(60(2)31-11-12-32-61(60,65)3)22-14-23-52(59)62(58)51-30-28-46(37-53(51)64(54)47-27-29-49-48-21-9-10-24-56(48)66-57(49)38-47)63(44-18-5-4-6-19-44)45-20-13-17-42(36-45)43-26-25-40-15-7-8-16-41(40)35-43/h4-10,13-22,24-30,33-38,52H,11-12,23,31-32H2,1-3H3. The number of benzene rings is 8. The number of aryl methyl sites for hydroxylation is 1. The van der Waals surface area contributed by atoms with Crippen molar-refractivity contribution >= 4 is 90.2 Å². The second-order valence-electron chi connectivity index (χ2n) is 20.0. The molecule has 3 unspecified atom stereocenters. The first kappa shape index (κ1) is 38.1. The first-order chi connectivity index (χ1) is 32.4. The number of rotatable bonds is 5. The quantitative estimate of drug-likeness (QED) is 0.161. The zero-order valence-electron chi connectivity index (χ0n) is 37.8. The van der Waals surface area contributed by atoms with E-state index >= 15 is 0 Å². The zero-order chi connectivity index (χ0) is 43.9. The molecule has 0 spiro atoms. The molecule has 0 radical (unpaired) electrons. The highest BCUT2D eigenvalue weighted by atomic mass is 16.3. The Morgan fingerprint density at radius 3 is 2.27 bits per heavy atom. The third-order valence-corrected chi connectivity index (χ3v) is 16.6. The summed E-state index contributed by atoms with van der Waals surface area (Å²) in [5.74, 6) is 0.340. The fourth-order valence-electron chi connectivity index (χ4n) is 13.3. The van der Waals surface area contributed by atoms with Crippen molar-refractivity contribution in [2.24, 2.45) is 5.41 Å². The van der Waals surface area contributed by atoms with Crippen LogP contribution in [0.15, 0.2) is 198 Å². The summed E-state index contributed by atoms with van der Waals surface area (Å²) >= 11 is 0. The fraction of sp³-hybridized carbons (Fsp3) is 0.180. The van der Waals surface area contributed by atoms with Crippen molar-refractivity contribution in [1.29, 1.82) is 0 Å². The largest absolute Gasteiger partial charge is 0.456 e. The van der Waals surface area contributed by atoms with Crippen LogP contribution >= 0.6 is 0 Å². The highest BCUT2D eigenvalue weighted by molar-refractivity contribution is 6.91. The summed E-state index contributed by atoms with van der Waals surface area (Å²) in [6.45, 7) is 7.69. The molecule has 0 bridgehead atoms. The van der Waals surface area contributed by atoms with Gasteiger partial charge in [0.15, 0.2) is 0 Å². The molecule has 3 atom stereocenters. The number of anilines is 7. The third-order valence-electron chi connectivity index (χ3n) is 16.6. The highest BCUT2D eigenvalue weighted by Crippen LogP contribution is 2.65. The summed E-state index contributed by atoms with van der Waals surface area (Å²) in [6.07, 6.45) is 11.1. The van der Waals surface area contributed by atoms with Gasteiger partial charge in [0.05, 0.1) is 5.54 Å². The van der Waals surface area contributed by atoms with E-state index in [-0.39, 0.29) is 17.7 Å². The van der Waals surface area contributed by atoms with Crippen molar-refractivity contribution in [2.75, 3.05) is 14.7 Å². The van der Waals surface area contributed by atoms with Gasteiger partial charge in [0.2, 0.25) is 6.71 Å². The minimum absolute atomic E-state index is 0.00903. The summed E-state index contributed by atoms with van der Waals surface area (Å²) in [7, 11) is 0. The lowest BCUT2D eigenvalue weighted by molar-refractivity contribution is 0.153. The van der Waals surface area contributed by atoms with E-state index in [1.165, 1.54) is 81.1 Å². The minimum Gasteiger partial charge on any atom is -0.456 e. The van der Waals surface area contributed by atoms with E-state index in [4.69, 9.17) is 4.42 Å². The smallest absolute Gasteiger partial charge is 0.226 e. The number of nitrogens with zero attached hydrogens (tertiary/aromatic N) is 3. The molecular formula is C61H50BN3O. The Morgan fingerprint density at radius 1 is 0.606 bits per heavy atom. The van der Waals surface area contributed by atoms with Crippen LogP contribution in [0.3, 0.4) is 0 Å². The predicted octanol–water partition coefficient (Wildman–Crippen LogP) is 15.3. The van der Waals surface area contributed by atoms with Crippen molar-refractivity contribution in [2.45, 2.75) is 64.2 Å². The van der Waals surface area contributed by atoms with Crippen LogP contribution in [0, 0.1) is 12.3 Å². The van der Waals surface area contributed by atoms with Gasteiger partial charge in [-0.1, -0.05) is 123 Å². The molecule has 66 heavy (non-hydrogen) atoms. The maximum atomic E-state index is 6.65. The maximum absolute atomic E-state index is 6.65. The van der Waals surface area contributed by atoms with E-state index in [1.807, 2.05) is 0 Å². The van der Waals surface area contributed by atoms with Gasteiger partial charge in [0.1, 0.15) is 11.2 Å². The molecule has 0 N–H and O–H groups in total. The third kappa shape index (κ3) is 5.23. The Morgan fingerprint density at radius 2 is 1.36 bits per heavy atom. The van der Waals surface area contributed by atoms with Gasteiger partial charge in [-0.15, -0.1) is 0 Å². The Kier molecular flexibility index (Phi) is 8.01. The molecule has 0 amide bonds. The lowest BCUT2D eigenvalue weighted by Crippen LogP contribution is -2.62. The van der Waals surface area contributed by atoms with Crippen molar-refractivity contribution in [1.82, 2.24) is 0 Å². The van der Waals surface area contributed by atoms with E-state index in [0.29, 0.717) is 5.82 Å². The molecule has 0 saturated heterocycles. The molecule has 4 nitrogen and oxygen atoms in total. The summed E-state index contributed by atoms with van der Waals surface area (Å²) in [5.41, 5.74) is 20.0. The second-order valence-corrected chi connectivity index (χ2v) is 20.0. The van der Waals surface area contributed by atoms with Crippen LogP contribution in [-0.4, -0.2) is 12.3 Å². The van der Waals surface area contributed by atoms with E-state index in [2.05, 4.69) is 217 Å². The number of hydrogen-bond acceptors (Lipinski definition) is 4. The lowest BCUT2D eigenvalue weighted by atomic mass is 9.29. The predicted molar refractivity (Wildman–Crippen MR) is 278 cm³/mol. The first-order valence-electron chi connectivity index (χ1n) is 24.0. The van der Waals surface area contributed by atoms with E-state index in [9.17, 15) is 0 Å². The summed E-state index contributed by atoms with van der Waals surface area (Å²) in [4.78, 5) is 7.91. The Labute approximate surface area is 387 Å². The highest BCUT2D eigenvalue weighted by Gasteiger charge is 2.63. The van der Waals surface area contributed by atoms with E-state index < -0.39 is 0 Å². The molecular weight excluding hydrogens is 802 g/mol. The van der Waals surface area contributed by atoms with Gasteiger partial charge in [-0.3, -0.25) is 0 Å². The van der Waals surface area contributed by atoms with Crippen molar-refractivity contribution in [3.8, 4) is 11.1 Å². The number of furan rings is 1. The molecule has 8 aromatic carbocycles. The van der Waals surface area contributed by atoms with Crippen molar-refractivity contribution in [3.05, 3.63) is 199 Å². The van der Waals surface area contributed by atoms with Gasteiger partial charge < -0.3 is 19.1 Å². The van der Waals surface area contributed by atoms with Crippen LogP contribution < -0.4 is 25.6 Å². The molecule has 14 rings (SSSR count). The Hall–Kier alpha value is -7.24. The molecule has 3 aliphatic heterocycles. The van der Waals surface area contributed by atoms with Crippen LogP contribution in [-0.2, 0) is 0 Å². The molecule has 5 aliphatic rings. The minimum atomic E-state index is 0.00903. The topological polar surface area (TPSA) is 22.9 Å². The Balaban J connectivity index is 1.01. The fourth-order valence-corrected chi connectivity index (χ4v) is 13.3. The van der Waals surface area contributed by atoms with Gasteiger partial charge in [0, 0.05) is 67.8 Å². The van der Waals surface area contributed by atoms with Crippen molar-refractivity contribution in [3.63, 3.8) is 0 Å². The summed E-state index contributed by atoms with van der Waals surface area (Å²) in [6, 6.07) is 63.0. The van der Waals surface area contributed by atoms with Gasteiger partial charge in [-0.2, -0.15) is 0 Å². The average Bonchev–Trinajstić information content (AvgIpc) is 3.82. The molecule has 1 fully saturated rings. The Bertz CT molecular complexity index is 3570. The maximum Gasteiger partial charge on any atom is 0.226 e. The lowest BCUT2D eigenvalue weighted by Gasteiger charge is -2.55. The average molecular weight is 852 g/mol. The van der Waals surface area contributed by atoms with Crippen LogP contribution in [0.5, 0.6) is 0 Å². The molecule has 9 aromatic rings. The normalized spacial score (nSPS) is 21.3. The summed E-state index contributed by atoms with van der Waals surface area (Å²) in [5, 5.41) is 4.79. The van der Waals surface area contributed by atoms with Crippen molar-refractivity contribution < 1.29 is 4.42 Å². The molecule has 1 aromatic heterocycles. The van der Waals surface area contributed by atoms with Gasteiger partial charge >= 0.3 is 0 Å². The first-order valence-corrected chi connectivity index (χ1v) is 24.0. The number of allylic oxidation sites excluding steroid dienone is 3. The number of para-hydroxylation sites is 2. The molecule has 2 aliphatic carbocycles. The molecule has 1 saturated carbocycles. The van der Waals surface area contributed by atoms with E-state index in [0.717, 1.165) is 51.1 Å². The van der Waals surface area contributed by atoms with Gasteiger partial charge in [0.25, 0.3) is 0 Å². The summed E-state index contributed by atoms with van der Waals surface area (Å²) < 4.78 is 6.65. The number of hydrogen-bond donors (Lipinski definition) is 0. The monoisotopic (exact) mass is 851 g/mol. The van der Waals surface area contributed by atoms with Crippen LogP contribution in [0.4, 0.5) is 39.8 Å².